The predicted molar refractivity (Wildman–Crippen MR) is 130 cm³/mol. The first-order valence-corrected chi connectivity index (χ1v) is 13.2. The normalized spacial score (nSPS) is 20.8. The number of aromatic nitrogens is 1. The summed E-state index contributed by atoms with van der Waals surface area (Å²) in [6.45, 7) is 1.28. The van der Waals surface area contributed by atoms with Crippen LogP contribution in [0.4, 0.5) is 0 Å². The summed E-state index contributed by atoms with van der Waals surface area (Å²) in [5, 5.41) is 0.590. The third-order valence-electron chi connectivity index (χ3n) is 5.88. The van der Waals surface area contributed by atoms with E-state index in [1.165, 1.54) is 6.20 Å². The van der Waals surface area contributed by atoms with Crippen molar-refractivity contribution >= 4 is 45.2 Å². The van der Waals surface area contributed by atoms with Gasteiger partial charge in [-0.25, -0.2) is 18.1 Å². The van der Waals surface area contributed by atoms with Crippen LogP contribution in [0.1, 0.15) is 19.3 Å². The third-order valence-corrected chi connectivity index (χ3v) is 8.10. The highest BCUT2D eigenvalue weighted by Crippen LogP contribution is 2.33. The first kappa shape index (κ1) is 23.3. The number of ketones is 1. The van der Waals surface area contributed by atoms with Crippen LogP contribution >= 0.6 is 23.2 Å². The smallest absolute Gasteiger partial charge is 0.240 e. The number of rotatable bonds is 7. The maximum atomic E-state index is 12.6. The molecule has 3 aliphatic rings. The van der Waals surface area contributed by atoms with E-state index in [4.69, 9.17) is 27.9 Å². The lowest BCUT2D eigenvalue weighted by atomic mass is 10.1. The van der Waals surface area contributed by atoms with Gasteiger partial charge in [0.25, 0.3) is 0 Å². The zero-order valence-corrected chi connectivity index (χ0v) is 20.4. The highest BCUT2D eigenvalue weighted by Gasteiger charge is 2.30. The van der Waals surface area contributed by atoms with Gasteiger partial charge in [-0.15, -0.1) is 0 Å². The number of carbonyl (C=O) groups is 1. The molecule has 178 valence electrons. The zero-order valence-electron chi connectivity index (χ0n) is 18.1. The molecule has 2 aromatic rings. The number of aliphatic imine (C=N–C) groups is 1. The van der Waals surface area contributed by atoms with E-state index in [2.05, 4.69) is 14.7 Å². The van der Waals surface area contributed by atoms with Gasteiger partial charge >= 0.3 is 0 Å². The maximum Gasteiger partial charge on any atom is 0.240 e. The summed E-state index contributed by atoms with van der Waals surface area (Å²) in [6.07, 6.45) is 5.40. The number of likely N-dealkylation sites (tertiary alicyclic amines) is 1. The topological polar surface area (TPSA) is 101 Å². The van der Waals surface area contributed by atoms with Crippen LogP contribution in [0.5, 0.6) is 5.88 Å². The van der Waals surface area contributed by atoms with Crippen LogP contribution in [-0.2, 0) is 14.8 Å². The Morgan fingerprint density at radius 2 is 1.97 bits per heavy atom. The largest absolute Gasteiger partial charge is 0.472 e. The fourth-order valence-corrected chi connectivity index (χ4v) is 5.73. The highest BCUT2D eigenvalue weighted by molar-refractivity contribution is 7.89. The summed E-state index contributed by atoms with van der Waals surface area (Å²) >= 11 is 12.6. The van der Waals surface area contributed by atoms with Gasteiger partial charge in [-0.05, 0) is 30.5 Å². The molecule has 0 amide bonds. The van der Waals surface area contributed by atoms with Crippen LogP contribution in [0.15, 0.2) is 57.1 Å². The van der Waals surface area contributed by atoms with E-state index in [1.807, 2.05) is 4.90 Å². The molecule has 34 heavy (non-hydrogen) atoms. The lowest BCUT2D eigenvalue weighted by Crippen LogP contribution is -2.28. The molecule has 1 atom stereocenters. The molecular formula is C23H22Cl2N4O4S. The summed E-state index contributed by atoms with van der Waals surface area (Å²) < 4.78 is 34.0. The minimum absolute atomic E-state index is 0.0211. The Balaban J connectivity index is 1.33. The second kappa shape index (κ2) is 9.30. The van der Waals surface area contributed by atoms with Gasteiger partial charge in [0.05, 0.1) is 28.4 Å². The standard InChI is InChI=1S/C23H22Cl2N4O4S/c24-19-10-27-22(33-16-6-7-29(13-16)20-11-26-12-21(30)23(20)25)9-18(19)14-2-1-3-17(8-14)34(31,32)28-15-4-5-15/h1-3,8-11,15-16,28H,4-7,12-13H2/t16-/m1/s1. The van der Waals surface area contributed by atoms with E-state index < -0.39 is 10.0 Å². The second-order valence-corrected chi connectivity index (χ2v) is 11.0. The van der Waals surface area contributed by atoms with Crippen molar-refractivity contribution in [1.82, 2.24) is 14.6 Å². The molecule has 1 aromatic carbocycles. The number of hydrogen-bond donors (Lipinski definition) is 1. The van der Waals surface area contributed by atoms with Crippen molar-refractivity contribution in [2.45, 2.75) is 36.3 Å². The zero-order chi connectivity index (χ0) is 23.9. The van der Waals surface area contributed by atoms with E-state index in [9.17, 15) is 13.2 Å². The van der Waals surface area contributed by atoms with Crippen molar-refractivity contribution in [2.75, 3.05) is 19.6 Å². The van der Waals surface area contributed by atoms with Crippen molar-refractivity contribution in [3.8, 4) is 17.0 Å². The lowest BCUT2D eigenvalue weighted by molar-refractivity contribution is -0.113. The Hall–Kier alpha value is -2.46. The van der Waals surface area contributed by atoms with E-state index in [0.717, 1.165) is 19.3 Å². The monoisotopic (exact) mass is 520 g/mol. The van der Waals surface area contributed by atoms with Gasteiger partial charge in [0.15, 0.2) is 5.78 Å². The maximum absolute atomic E-state index is 12.6. The highest BCUT2D eigenvalue weighted by atomic mass is 35.5. The molecule has 1 saturated carbocycles. The molecule has 2 aliphatic heterocycles. The molecule has 8 nitrogen and oxygen atoms in total. The number of ether oxygens (including phenoxy) is 1. The van der Waals surface area contributed by atoms with Crippen molar-refractivity contribution in [3.05, 3.63) is 52.3 Å². The SMILES string of the molecule is O=C1CN=CC(N2CC[C@@H](Oc3cc(-c4cccc(S(=O)(=O)NC5CC5)c4)c(Cl)cn3)C2)=C1Cl. The number of pyridine rings is 1. The molecule has 0 bridgehead atoms. The number of nitrogens with one attached hydrogen (secondary N) is 1. The Bertz CT molecular complexity index is 1310. The molecule has 5 rings (SSSR count). The number of benzene rings is 1. The molecule has 2 fully saturated rings. The van der Waals surface area contributed by atoms with Crippen molar-refractivity contribution < 1.29 is 17.9 Å². The minimum Gasteiger partial charge on any atom is -0.472 e. The second-order valence-electron chi connectivity index (χ2n) is 8.49. The summed E-state index contributed by atoms with van der Waals surface area (Å²) in [7, 11) is -3.59. The van der Waals surface area contributed by atoms with Crippen LogP contribution in [0.2, 0.25) is 5.02 Å². The summed E-state index contributed by atoms with van der Waals surface area (Å²) in [6, 6.07) is 8.38. The van der Waals surface area contributed by atoms with Crippen LogP contribution in [0, 0.1) is 0 Å². The number of halogens is 2. The van der Waals surface area contributed by atoms with E-state index >= 15 is 0 Å². The number of dihydropyridines is 1. The predicted octanol–water partition coefficient (Wildman–Crippen LogP) is 3.40. The average Bonchev–Trinajstić information content (AvgIpc) is 3.50. The molecular weight excluding hydrogens is 499 g/mol. The number of carbonyl (C=O) groups excluding carboxylic acids is 1. The van der Waals surface area contributed by atoms with Crippen LogP contribution in [0.3, 0.4) is 0 Å². The van der Waals surface area contributed by atoms with Gasteiger partial charge in [-0.1, -0.05) is 35.3 Å². The van der Waals surface area contributed by atoms with Gasteiger partial charge in [-0.2, -0.15) is 0 Å². The molecule has 1 aliphatic carbocycles. The van der Waals surface area contributed by atoms with E-state index in [-0.39, 0.29) is 34.4 Å². The fourth-order valence-electron chi connectivity index (χ4n) is 3.94. The molecule has 1 N–H and O–H groups in total. The first-order chi connectivity index (χ1) is 16.3. The quantitative estimate of drug-likeness (QED) is 0.600. The van der Waals surface area contributed by atoms with Crippen LogP contribution < -0.4 is 9.46 Å². The number of allylic oxidation sites excluding steroid dienone is 1. The summed E-state index contributed by atoms with van der Waals surface area (Å²) in [5.74, 6) is 0.188. The van der Waals surface area contributed by atoms with Crippen molar-refractivity contribution in [2.24, 2.45) is 4.99 Å². The Kier molecular flexibility index (Phi) is 6.37. The van der Waals surface area contributed by atoms with Gasteiger partial charge in [0.2, 0.25) is 15.9 Å². The molecule has 3 heterocycles. The summed E-state index contributed by atoms with van der Waals surface area (Å²) in [4.78, 5) is 22.4. The lowest BCUT2D eigenvalue weighted by Gasteiger charge is -2.22. The Morgan fingerprint density at radius 3 is 2.76 bits per heavy atom. The van der Waals surface area contributed by atoms with Crippen molar-refractivity contribution in [3.63, 3.8) is 0 Å². The van der Waals surface area contributed by atoms with Crippen LogP contribution in [-0.4, -0.2) is 62.1 Å². The Morgan fingerprint density at radius 1 is 1.15 bits per heavy atom. The van der Waals surface area contributed by atoms with E-state index in [1.54, 1.807) is 36.5 Å². The number of hydrogen-bond acceptors (Lipinski definition) is 7. The number of sulfonamides is 1. The molecule has 0 spiro atoms. The fraction of sp³-hybridized carbons (Fsp3) is 0.348. The molecule has 11 heteroatoms. The van der Waals surface area contributed by atoms with Gasteiger partial charge in [-0.3, -0.25) is 9.79 Å². The van der Waals surface area contributed by atoms with Gasteiger partial charge in [0.1, 0.15) is 17.7 Å². The first-order valence-electron chi connectivity index (χ1n) is 10.9. The van der Waals surface area contributed by atoms with Crippen LogP contribution in [0.25, 0.3) is 11.1 Å². The minimum atomic E-state index is -3.59. The Labute approximate surface area is 207 Å². The molecule has 1 saturated heterocycles. The van der Waals surface area contributed by atoms with E-state index in [0.29, 0.717) is 40.8 Å². The van der Waals surface area contributed by atoms with Gasteiger partial charge < -0.3 is 9.64 Å². The molecule has 0 unspecified atom stereocenters. The van der Waals surface area contributed by atoms with Crippen molar-refractivity contribution in [1.29, 1.82) is 0 Å². The number of nitrogens with zero attached hydrogens (tertiary/aromatic N) is 3. The molecule has 1 aromatic heterocycles. The van der Waals surface area contributed by atoms with Gasteiger partial charge in [0, 0.05) is 36.9 Å². The number of Topliss-reactive ketones (excluding diaryl/α,β-unsaturated/α-hetero) is 1. The average molecular weight is 521 g/mol. The third kappa shape index (κ3) is 4.98. The molecule has 0 radical (unpaired) electrons. The summed E-state index contributed by atoms with van der Waals surface area (Å²) in [5.41, 5.74) is 1.89.